The number of esters is 1. The number of Topliss-reactive ketones (excluding diaryl/α,β-unsaturated/α-hetero) is 1. The molecule has 1 rings (SSSR count). The quantitative estimate of drug-likeness (QED) is 0.496. The number of benzene rings is 1. The minimum atomic E-state index is -1.10. The molecule has 21 heavy (non-hydrogen) atoms. The molecule has 0 fully saturated rings. The number of carbonyl (C=O) groups excluding carboxylic acids is 2. The molecule has 5 nitrogen and oxygen atoms in total. The smallest absolute Gasteiger partial charge is 0.338 e. The van der Waals surface area contributed by atoms with E-state index in [1.54, 1.807) is 13.0 Å². The molecule has 0 saturated carbocycles. The number of ether oxygens (including phenoxy) is 1. The molecule has 0 saturated heterocycles. The lowest BCUT2D eigenvalue weighted by Crippen LogP contribution is -2.12. The van der Waals surface area contributed by atoms with Gasteiger partial charge in [-0.15, -0.1) is 11.6 Å². The zero-order valence-electron chi connectivity index (χ0n) is 11.6. The Bertz CT molecular complexity index is 592. The number of hydrogen-bond acceptors (Lipinski definition) is 4. The molecule has 1 atom stereocenters. The minimum Gasteiger partial charge on any atom is -0.478 e. The Kier molecular flexibility index (Phi) is 6.11. The average molecular weight is 311 g/mol. The van der Waals surface area contributed by atoms with E-state index in [1.807, 2.05) is 0 Å². The van der Waals surface area contributed by atoms with Crippen molar-refractivity contribution in [3.8, 4) is 0 Å². The highest BCUT2D eigenvalue weighted by atomic mass is 35.5. The fourth-order valence-corrected chi connectivity index (χ4v) is 1.86. The van der Waals surface area contributed by atoms with Crippen LogP contribution < -0.4 is 0 Å². The van der Waals surface area contributed by atoms with Crippen molar-refractivity contribution < 1.29 is 24.2 Å². The van der Waals surface area contributed by atoms with Gasteiger partial charge in [0.1, 0.15) is 5.38 Å². The molecule has 1 N–H and O–H groups in total. The largest absolute Gasteiger partial charge is 0.478 e. The Morgan fingerprint density at radius 1 is 1.38 bits per heavy atom. The van der Waals surface area contributed by atoms with Crippen molar-refractivity contribution in [2.75, 3.05) is 6.61 Å². The summed E-state index contributed by atoms with van der Waals surface area (Å²) in [6.07, 6.45) is 2.29. The van der Waals surface area contributed by atoms with Crippen LogP contribution in [0.15, 0.2) is 24.3 Å². The molecule has 1 aromatic carbocycles. The Morgan fingerprint density at radius 2 is 2.05 bits per heavy atom. The molecule has 0 bridgehead atoms. The van der Waals surface area contributed by atoms with E-state index < -0.39 is 17.3 Å². The highest BCUT2D eigenvalue weighted by molar-refractivity contribution is 6.31. The van der Waals surface area contributed by atoms with Gasteiger partial charge in [-0.05, 0) is 37.1 Å². The van der Waals surface area contributed by atoms with E-state index in [9.17, 15) is 14.4 Å². The molecule has 1 aromatic rings. The summed E-state index contributed by atoms with van der Waals surface area (Å²) in [4.78, 5) is 33.9. The van der Waals surface area contributed by atoms with Crippen LogP contribution in [0.25, 0.3) is 6.08 Å². The molecule has 0 aliphatic carbocycles. The highest BCUT2D eigenvalue weighted by Gasteiger charge is 2.21. The Morgan fingerprint density at radius 3 is 2.57 bits per heavy atom. The number of carboxylic acids is 1. The molecule has 0 aromatic heterocycles. The first-order valence-corrected chi connectivity index (χ1v) is 6.67. The van der Waals surface area contributed by atoms with Crippen LogP contribution in [-0.2, 0) is 14.3 Å². The summed E-state index contributed by atoms with van der Waals surface area (Å²) in [5, 5.41) is 7.65. The van der Waals surface area contributed by atoms with Gasteiger partial charge in [0.05, 0.1) is 12.2 Å². The fraction of sp³-hybridized carbons (Fsp3) is 0.267. The molecule has 0 aliphatic heterocycles. The first-order chi connectivity index (χ1) is 9.86. The van der Waals surface area contributed by atoms with E-state index in [1.165, 1.54) is 25.1 Å². The number of rotatable bonds is 6. The van der Waals surface area contributed by atoms with Gasteiger partial charge in [0, 0.05) is 6.08 Å². The zero-order chi connectivity index (χ0) is 16.0. The number of ketones is 1. The molecule has 112 valence electrons. The summed E-state index contributed by atoms with van der Waals surface area (Å²) >= 11 is 6.00. The van der Waals surface area contributed by atoms with Gasteiger partial charge in [-0.1, -0.05) is 12.1 Å². The van der Waals surface area contributed by atoms with E-state index in [0.29, 0.717) is 11.1 Å². The van der Waals surface area contributed by atoms with Crippen molar-refractivity contribution in [1.82, 2.24) is 0 Å². The third-order valence-electron chi connectivity index (χ3n) is 2.62. The number of hydrogen-bond donors (Lipinski definition) is 1. The second kappa shape index (κ2) is 7.59. The van der Waals surface area contributed by atoms with Gasteiger partial charge in [0.2, 0.25) is 0 Å². The predicted octanol–water partition coefficient (Wildman–Crippen LogP) is 2.83. The van der Waals surface area contributed by atoms with Gasteiger partial charge >= 0.3 is 11.9 Å². The van der Waals surface area contributed by atoms with E-state index in [4.69, 9.17) is 21.4 Å². The standard InChI is InChI=1S/C15H15ClO5/c1-3-21-15(20)12-8-10(5-7-13(18)19)4-6-11(12)14(16)9(2)17/h4-8,14H,3H2,1-2H3,(H,18,19)/b7-5+. The maximum absolute atomic E-state index is 12.0. The predicted molar refractivity (Wildman–Crippen MR) is 78.3 cm³/mol. The molecular weight excluding hydrogens is 296 g/mol. The molecule has 0 amide bonds. The van der Waals surface area contributed by atoms with Gasteiger partial charge in [-0.3, -0.25) is 4.79 Å². The first kappa shape index (κ1) is 16.9. The summed E-state index contributed by atoms with van der Waals surface area (Å²) in [6.45, 7) is 3.17. The number of aliphatic carboxylic acids is 1. The van der Waals surface area contributed by atoms with Crippen LogP contribution in [0, 0.1) is 0 Å². The lowest BCUT2D eigenvalue weighted by atomic mass is 9.99. The highest BCUT2D eigenvalue weighted by Crippen LogP contribution is 2.27. The van der Waals surface area contributed by atoms with Crippen LogP contribution in [-0.4, -0.2) is 29.4 Å². The normalized spacial score (nSPS) is 12.1. The van der Waals surface area contributed by atoms with E-state index in [-0.39, 0.29) is 18.0 Å². The summed E-state index contributed by atoms with van der Waals surface area (Å²) in [7, 11) is 0. The lowest BCUT2D eigenvalue weighted by molar-refractivity contribution is -0.131. The second-order valence-corrected chi connectivity index (χ2v) is 4.65. The van der Waals surface area contributed by atoms with Crippen LogP contribution in [0.5, 0.6) is 0 Å². The maximum Gasteiger partial charge on any atom is 0.338 e. The molecule has 1 unspecified atom stereocenters. The van der Waals surface area contributed by atoms with Crippen molar-refractivity contribution in [1.29, 1.82) is 0 Å². The van der Waals surface area contributed by atoms with Gasteiger partial charge in [0.15, 0.2) is 5.78 Å². The van der Waals surface area contributed by atoms with Gasteiger partial charge < -0.3 is 9.84 Å². The summed E-state index contributed by atoms with van der Waals surface area (Å²) < 4.78 is 4.93. The summed E-state index contributed by atoms with van der Waals surface area (Å²) in [6, 6.07) is 4.55. The van der Waals surface area contributed by atoms with Gasteiger partial charge in [-0.25, -0.2) is 9.59 Å². The van der Waals surface area contributed by atoms with Crippen molar-refractivity contribution in [2.24, 2.45) is 0 Å². The van der Waals surface area contributed by atoms with Crippen LogP contribution in [0.3, 0.4) is 0 Å². The van der Waals surface area contributed by atoms with Crippen molar-refractivity contribution in [2.45, 2.75) is 19.2 Å². The molecule has 0 radical (unpaired) electrons. The van der Waals surface area contributed by atoms with E-state index in [0.717, 1.165) is 6.08 Å². The zero-order valence-corrected chi connectivity index (χ0v) is 12.4. The number of carboxylic acid groups (broad SMARTS) is 1. The van der Waals surface area contributed by atoms with Crippen molar-refractivity contribution in [3.05, 3.63) is 41.0 Å². The Balaban J connectivity index is 3.29. The summed E-state index contributed by atoms with van der Waals surface area (Å²) in [5.41, 5.74) is 0.992. The number of alkyl halides is 1. The van der Waals surface area contributed by atoms with E-state index in [2.05, 4.69) is 0 Å². The SMILES string of the molecule is CCOC(=O)c1cc(/C=C/C(=O)O)ccc1C(Cl)C(C)=O. The number of carbonyl (C=O) groups is 3. The second-order valence-electron chi connectivity index (χ2n) is 4.21. The van der Waals surface area contributed by atoms with Crippen LogP contribution in [0.4, 0.5) is 0 Å². The van der Waals surface area contributed by atoms with E-state index >= 15 is 0 Å². The van der Waals surface area contributed by atoms with Crippen LogP contribution in [0.2, 0.25) is 0 Å². The molecule has 0 aliphatic rings. The van der Waals surface area contributed by atoms with Crippen LogP contribution >= 0.6 is 11.6 Å². The summed E-state index contributed by atoms with van der Waals surface area (Å²) in [5.74, 6) is -2.00. The molecule has 0 spiro atoms. The minimum absolute atomic E-state index is 0.152. The average Bonchev–Trinajstić information content (AvgIpc) is 2.44. The van der Waals surface area contributed by atoms with Crippen molar-refractivity contribution >= 4 is 35.4 Å². The molecular formula is C15H15ClO5. The third-order valence-corrected chi connectivity index (χ3v) is 3.16. The van der Waals surface area contributed by atoms with Crippen molar-refractivity contribution in [3.63, 3.8) is 0 Å². The topological polar surface area (TPSA) is 80.7 Å². The monoisotopic (exact) mass is 310 g/mol. The van der Waals surface area contributed by atoms with Gasteiger partial charge in [-0.2, -0.15) is 0 Å². The number of halogens is 1. The Labute approximate surface area is 127 Å². The van der Waals surface area contributed by atoms with Crippen LogP contribution in [0.1, 0.15) is 40.7 Å². The Hall–Kier alpha value is -2.14. The molecule has 6 heteroatoms. The maximum atomic E-state index is 12.0. The van der Waals surface area contributed by atoms with Gasteiger partial charge in [0.25, 0.3) is 0 Å². The first-order valence-electron chi connectivity index (χ1n) is 6.23. The molecule has 0 heterocycles. The lowest BCUT2D eigenvalue weighted by Gasteiger charge is -2.12. The third kappa shape index (κ3) is 4.72. The fourth-order valence-electron chi connectivity index (χ4n) is 1.67.